The van der Waals surface area contributed by atoms with Gasteiger partial charge in [-0.2, -0.15) is 11.8 Å². The van der Waals surface area contributed by atoms with Crippen molar-refractivity contribution in [3.8, 4) is 0 Å². The number of amides is 1. The first-order valence-electron chi connectivity index (χ1n) is 5.20. The van der Waals surface area contributed by atoms with Crippen molar-refractivity contribution in [2.45, 2.75) is 37.8 Å². The molecule has 1 unspecified atom stereocenters. The average Bonchev–Trinajstić information content (AvgIpc) is 2.18. The number of carboxylic acids is 1. The summed E-state index contributed by atoms with van der Waals surface area (Å²) in [4.78, 5) is 22.6. The van der Waals surface area contributed by atoms with E-state index >= 15 is 0 Å². The van der Waals surface area contributed by atoms with Crippen LogP contribution in [0.25, 0.3) is 0 Å². The largest absolute Gasteiger partial charge is 0.480 e. The van der Waals surface area contributed by atoms with Gasteiger partial charge in [-0.05, 0) is 32.4 Å². The molecule has 92 valence electrons. The third-order valence-corrected chi connectivity index (χ3v) is 4.09. The minimum atomic E-state index is -1.03. The number of thioether (sulfide) groups is 1. The Morgan fingerprint density at radius 1 is 1.50 bits per heavy atom. The molecular formula is C10H18N2O3S. The Bertz CT molecular complexity index is 298. The highest BCUT2D eigenvalue weighted by atomic mass is 32.2. The molecule has 1 rings (SSSR count). The lowest BCUT2D eigenvalue weighted by atomic mass is 9.90. The third-order valence-electron chi connectivity index (χ3n) is 2.82. The molecule has 0 aromatic rings. The van der Waals surface area contributed by atoms with Crippen LogP contribution in [0.3, 0.4) is 0 Å². The summed E-state index contributed by atoms with van der Waals surface area (Å²) in [6.07, 6.45) is 1.37. The summed E-state index contributed by atoms with van der Waals surface area (Å²) in [6, 6.07) is 0. The molecule has 0 radical (unpaired) electrons. The van der Waals surface area contributed by atoms with Crippen molar-refractivity contribution in [1.29, 1.82) is 0 Å². The van der Waals surface area contributed by atoms with E-state index in [0.29, 0.717) is 12.2 Å². The molecule has 0 saturated carbocycles. The number of hydrogen-bond donors (Lipinski definition) is 3. The van der Waals surface area contributed by atoms with Crippen LogP contribution in [-0.2, 0) is 9.59 Å². The first kappa shape index (κ1) is 13.3. The van der Waals surface area contributed by atoms with E-state index in [0.717, 1.165) is 12.2 Å². The van der Waals surface area contributed by atoms with Gasteiger partial charge >= 0.3 is 5.97 Å². The van der Waals surface area contributed by atoms with Gasteiger partial charge in [0.25, 0.3) is 0 Å². The summed E-state index contributed by atoms with van der Waals surface area (Å²) in [7, 11) is 0. The van der Waals surface area contributed by atoms with Crippen molar-refractivity contribution >= 4 is 23.6 Å². The molecule has 1 aliphatic rings. The molecule has 0 aliphatic carbocycles. The minimum Gasteiger partial charge on any atom is -0.480 e. The molecule has 0 aromatic carbocycles. The predicted molar refractivity (Wildman–Crippen MR) is 63.3 cm³/mol. The number of aliphatic carboxylic acids is 1. The normalized spacial score (nSPS) is 26.4. The van der Waals surface area contributed by atoms with Gasteiger partial charge in [0.15, 0.2) is 0 Å². The molecule has 0 bridgehead atoms. The molecule has 1 aliphatic heterocycles. The summed E-state index contributed by atoms with van der Waals surface area (Å²) in [5, 5.41) is 12.2. The number of carbonyl (C=O) groups is 2. The molecule has 1 atom stereocenters. The maximum Gasteiger partial charge on any atom is 0.324 e. The van der Waals surface area contributed by atoms with Gasteiger partial charge in [-0.1, -0.05) is 0 Å². The van der Waals surface area contributed by atoms with E-state index in [1.54, 1.807) is 25.6 Å². The van der Waals surface area contributed by atoms with Crippen LogP contribution in [0, 0.1) is 0 Å². The van der Waals surface area contributed by atoms with Crippen molar-refractivity contribution in [2.75, 3.05) is 11.5 Å². The molecule has 1 fully saturated rings. The van der Waals surface area contributed by atoms with Crippen LogP contribution in [0.5, 0.6) is 0 Å². The van der Waals surface area contributed by atoms with Crippen molar-refractivity contribution in [2.24, 2.45) is 5.73 Å². The standard InChI is InChI=1S/C10H18N2O3S/c1-9(2,7(11)13)12-10(8(14)15)4-3-5-16-6-10/h12H,3-6H2,1-2H3,(H2,11,13)(H,14,15). The molecule has 4 N–H and O–H groups in total. The van der Waals surface area contributed by atoms with Crippen LogP contribution in [0.2, 0.25) is 0 Å². The van der Waals surface area contributed by atoms with E-state index in [1.807, 2.05) is 0 Å². The Labute approximate surface area is 99.1 Å². The summed E-state index contributed by atoms with van der Waals surface area (Å²) in [5.74, 6) is -0.00930. The maximum absolute atomic E-state index is 11.3. The molecular weight excluding hydrogens is 228 g/mol. The van der Waals surface area contributed by atoms with Crippen molar-refractivity contribution < 1.29 is 14.7 Å². The Morgan fingerprint density at radius 3 is 2.50 bits per heavy atom. The Hall–Kier alpha value is -0.750. The zero-order valence-electron chi connectivity index (χ0n) is 9.58. The second-order valence-corrected chi connectivity index (χ2v) is 5.76. The highest BCUT2D eigenvalue weighted by molar-refractivity contribution is 7.99. The van der Waals surface area contributed by atoms with Gasteiger partial charge in [-0.3, -0.25) is 14.9 Å². The van der Waals surface area contributed by atoms with E-state index in [9.17, 15) is 14.7 Å². The number of rotatable bonds is 4. The average molecular weight is 246 g/mol. The van der Waals surface area contributed by atoms with E-state index in [4.69, 9.17) is 5.73 Å². The number of carboxylic acid groups (broad SMARTS) is 1. The van der Waals surface area contributed by atoms with Gasteiger partial charge in [0.1, 0.15) is 5.54 Å². The fourth-order valence-electron chi connectivity index (χ4n) is 1.78. The molecule has 1 saturated heterocycles. The van der Waals surface area contributed by atoms with Gasteiger partial charge < -0.3 is 10.8 Å². The van der Waals surface area contributed by atoms with Crippen LogP contribution < -0.4 is 11.1 Å². The quantitative estimate of drug-likeness (QED) is 0.658. The van der Waals surface area contributed by atoms with Crippen LogP contribution in [0.15, 0.2) is 0 Å². The van der Waals surface area contributed by atoms with Crippen LogP contribution >= 0.6 is 11.8 Å². The first-order chi connectivity index (χ1) is 7.30. The van der Waals surface area contributed by atoms with Gasteiger partial charge in [0, 0.05) is 5.75 Å². The molecule has 5 nitrogen and oxygen atoms in total. The number of nitrogens with one attached hydrogen (secondary N) is 1. The second kappa shape index (κ2) is 4.63. The zero-order valence-corrected chi connectivity index (χ0v) is 10.4. The van der Waals surface area contributed by atoms with E-state index in [-0.39, 0.29) is 0 Å². The lowest BCUT2D eigenvalue weighted by Crippen LogP contribution is -2.66. The van der Waals surface area contributed by atoms with Gasteiger partial charge in [0.05, 0.1) is 5.54 Å². The zero-order chi connectivity index (χ0) is 12.4. The third kappa shape index (κ3) is 2.68. The Balaban J connectivity index is 2.87. The highest BCUT2D eigenvalue weighted by Crippen LogP contribution is 2.29. The fraction of sp³-hybridized carbons (Fsp3) is 0.800. The SMILES string of the molecule is CC(C)(NC1(C(=O)O)CCCSC1)C(N)=O. The van der Waals surface area contributed by atoms with Crippen LogP contribution in [-0.4, -0.2) is 39.6 Å². The Morgan fingerprint density at radius 2 is 2.12 bits per heavy atom. The van der Waals surface area contributed by atoms with Crippen molar-refractivity contribution in [1.82, 2.24) is 5.32 Å². The van der Waals surface area contributed by atoms with Gasteiger partial charge in [0.2, 0.25) is 5.91 Å². The fourth-order valence-corrected chi connectivity index (χ4v) is 2.96. The second-order valence-electron chi connectivity index (χ2n) is 4.66. The highest BCUT2D eigenvalue weighted by Gasteiger charge is 2.45. The molecule has 1 heterocycles. The molecule has 0 aromatic heterocycles. The van der Waals surface area contributed by atoms with Crippen LogP contribution in [0.1, 0.15) is 26.7 Å². The smallest absolute Gasteiger partial charge is 0.324 e. The van der Waals surface area contributed by atoms with Gasteiger partial charge in [-0.15, -0.1) is 0 Å². The van der Waals surface area contributed by atoms with E-state index in [2.05, 4.69) is 5.32 Å². The molecule has 16 heavy (non-hydrogen) atoms. The van der Waals surface area contributed by atoms with Crippen molar-refractivity contribution in [3.63, 3.8) is 0 Å². The summed E-state index contributed by atoms with van der Waals surface area (Å²) in [6.45, 7) is 3.22. The lowest BCUT2D eigenvalue weighted by Gasteiger charge is -2.39. The number of primary amides is 1. The number of nitrogens with two attached hydrogens (primary N) is 1. The Kier molecular flexibility index (Phi) is 3.85. The monoisotopic (exact) mass is 246 g/mol. The van der Waals surface area contributed by atoms with Crippen molar-refractivity contribution in [3.05, 3.63) is 0 Å². The topological polar surface area (TPSA) is 92.4 Å². The maximum atomic E-state index is 11.3. The first-order valence-corrected chi connectivity index (χ1v) is 6.36. The molecule has 0 spiro atoms. The van der Waals surface area contributed by atoms with E-state index in [1.165, 1.54) is 0 Å². The summed E-state index contributed by atoms with van der Waals surface area (Å²) < 4.78 is 0. The molecule has 6 heteroatoms. The van der Waals surface area contributed by atoms with Gasteiger partial charge in [-0.25, -0.2) is 0 Å². The lowest BCUT2D eigenvalue weighted by molar-refractivity contribution is -0.145. The number of hydrogen-bond acceptors (Lipinski definition) is 4. The molecule has 1 amide bonds. The predicted octanol–water partition coefficient (Wildman–Crippen LogP) is 0.190. The minimum absolute atomic E-state index is 0.471. The summed E-state index contributed by atoms with van der Waals surface area (Å²) >= 11 is 1.59. The summed E-state index contributed by atoms with van der Waals surface area (Å²) in [5.41, 5.74) is 3.22. The van der Waals surface area contributed by atoms with E-state index < -0.39 is 23.0 Å². The number of carbonyl (C=O) groups excluding carboxylic acids is 1. The van der Waals surface area contributed by atoms with Crippen LogP contribution in [0.4, 0.5) is 0 Å².